The van der Waals surface area contributed by atoms with Crippen molar-refractivity contribution in [2.45, 2.75) is 32.4 Å². The Morgan fingerprint density at radius 2 is 2.16 bits per heavy atom. The lowest BCUT2D eigenvalue weighted by atomic mass is 10.1. The van der Waals surface area contributed by atoms with E-state index in [1.165, 1.54) is 4.88 Å². The first-order valence-corrected chi connectivity index (χ1v) is 7.41. The number of nitrogens with zero attached hydrogens (tertiary/aromatic N) is 2. The molecule has 0 saturated heterocycles. The third-order valence-corrected chi connectivity index (χ3v) is 4.48. The minimum absolute atomic E-state index is 0.323. The van der Waals surface area contributed by atoms with E-state index in [4.69, 9.17) is 0 Å². The fourth-order valence-electron chi connectivity index (χ4n) is 1.96. The van der Waals surface area contributed by atoms with E-state index in [1.54, 1.807) is 11.3 Å². The van der Waals surface area contributed by atoms with E-state index in [1.807, 2.05) is 25.3 Å². The molecule has 1 unspecified atom stereocenters. The van der Waals surface area contributed by atoms with Crippen molar-refractivity contribution in [3.8, 4) is 0 Å². The van der Waals surface area contributed by atoms with Gasteiger partial charge in [-0.15, -0.1) is 11.3 Å². The van der Waals surface area contributed by atoms with Crippen LogP contribution in [-0.4, -0.2) is 17.1 Å². The summed E-state index contributed by atoms with van der Waals surface area (Å²) in [4.78, 5) is 7.87. The molecule has 2 aromatic heterocycles. The van der Waals surface area contributed by atoms with Crippen LogP contribution in [0.2, 0.25) is 0 Å². The minimum Gasteiger partial charge on any atom is -0.387 e. The lowest BCUT2D eigenvalue weighted by Crippen LogP contribution is -2.21. The Labute approximate surface area is 118 Å². The highest BCUT2D eigenvalue weighted by Gasteiger charge is 2.14. The molecule has 2 aromatic rings. The van der Waals surface area contributed by atoms with Crippen molar-refractivity contribution in [2.24, 2.45) is 0 Å². The summed E-state index contributed by atoms with van der Waals surface area (Å²) in [5, 5.41) is 11.8. The van der Waals surface area contributed by atoms with E-state index in [-0.39, 0.29) is 0 Å². The Kier molecular flexibility index (Phi) is 4.56. The van der Waals surface area contributed by atoms with Crippen molar-refractivity contribution in [1.82, 2.24) is 4.98 Å². The van der Waals surface area contributed by atoms with Crippen molar-refractivity contribution in [3.05, 3.63) is 46.4 Å². The maximum atomic E-state index is 9.74. The molecule has 0 fully saturated rings. The van der Waals surface area contributed by atoms with Gasteiger partial charge in [0.15, 0.2) is 0 Å². The molecule has 0 spiro atoms. The molecular weight excluding hydrogens is 256 g/mol. The summed E-state index contributed by atoms with van der Waals surface area (Å²) in [5.74, 6) is 0. The van der Waals surface area contributed by atoms with Crippen molar-refractivity contribution in [3.63, 3.8) is 0 Å². The molecule has 0 saturated carbocycles. The van der Waals surface area contributed by atoms with Gasteiger partial charge < -0.3 is 10.0 Å². The van der Waals surface area contributed by atoms with E-state index in [0.717, 1.165) is 11.4 Å². The second kappa shape index (κ2) is 6.17. The molecule has 4 heteroatoms. The van der Waals surface area contributed by atoms with Gasteiger partial charge >= 0.3 is 0 Å². The molecule has 19 heavy (non-hydrogen) atoms. The Balaban J connectivity index is 2.13. The van der Waals surface area contributed by atoms with E-state index >= 15 is 0 Å². The van der Waals surface area contributed by atoms with Crippen LogP contribution in [-0.2, 0) is 0 Å². The molecule has 0 amide bonds. The molecule has 0 aromatic carbocycles. The normalized spacial score (nSPS) is 14.1. The van der Waals surface area contributed by atoms with Gasteiger partial charge in [0, 0.05) is 11.9 Å². The van der Waals surface area contributed by atoms with Gasteiger partial charge in [-0.1, -0.05) is 13.0 Å². The minimum atomic E-state index is -0.464. The smallest absolute Gasteiger partial charge is 0.0957 e. The molecule has 2 atom stereocenters. The Morgan fingerprint density at radius 3 is 2.68 bits per heavy atom. The number of aliphatic hydroxyl groups excluding tert-OH is 1. The van der Waals surface area contributed by atoms with E-state index in [2.05, 4.69) is 41.4 Å². The quantitative estimate of drug-likeness (QED) is 0.902. The Bertz CT molecular complexity index is 495. The maximum Gasteiger partial charge on any atom is 0.0957 e. The molecule has 0 aliphatic carbocycles. The van der Waals surface area contributed by atoms with Crippen LogP contribution >= 0.6 is 11.3 Å². The topological polar surface area (TPSA) is 36.4 Å². The standard InChI is InChI=1S/C15H20N2OS/c1-4-14(18)13-8-7-12(10-16-13)17(3)11(2)15-6-5-9-19-15/h5-11,14,18H,4H2,1-3H3/t11?,14-/m1/s1. The summed E-state index contributed by atoms with van der Waals surface area (Å²) < 4.78 is 0. The second-order valence-electron chi connectivity index (χ2n) is 4.67. The van der Waals surface area contributed by atoms with Gasteiger partial charge in [0.25, 0.3) is 0 Å². The molecule has 0 radical (unpaired) electrons. The first-order chi connectivity index (χ1) is 9.13. The third kappa shape index (κ3) is 3.14. The van der Waals surface area contributed by atoms with Gasteiger partial charge in [0.2, 0.25) is 0 Å². The second-order valence-corrected chi connectivity index (χ2v) is 5.65. The summed E-state index contributed by atoms with van der Waals surface area (Å²) >= 11 is 1.76. The predicted octanol–water partition coefficient (Wildman–Crippen LogP) is 3.78. The SMILES string of the molecule is CC[C@@H](O)c1ccc(N(C)C(C)c2cccs2)cn1. The summed E-state index contributed by atoms with van der Waals surface area (Å²) in [7, 11) is 2.07. The van der Waals surface area contributed by atoms with Gasteiger partial charge in [-0.25, -0.2) is 0 Å². The zero-order valence-corrected chi connectivity index (χ0v) is 12.4. The van der Waals surface area contributed by atoms with Gasteiger partial charge in [-0.05, 0) is 36.9 Å². The zero-order chi connectivity index (χ0) is 13.8. The number of pyridine rings is 1. The van der Waals surface area contributed by atoms with E-state index in [9.17, 15) is 5.11 Å². The third-order valence-electron chi connectivity index (χ3n) is 3.44. The van der Waals surface area contributed by atoms with Crippen LogP contribution < -0.4 is 4.90 Å². The molecule has 2 heterocycles. The molecular formula is C15H20N2OS. The number of hydrogen-bond donors (Lipinski definition) is 1. The first kappa shape index (κ1) is 14.0. The van der Waals surface area contributed by atoms with Crippen LogP contribution in [0.3, 0.4) is 0 Å². The number of thiophene rings is 1. The van der Waals surface area contributed by atoms with Gasteiger partial charge in [-0.2, -0.15) is 0 Å². The lowest BCUT2D eigenvalue weighted by Gasteiger charge is -2.26. The highest BCUT2D eigenvalue weighted by molar-refractivity contribution is 7.10. The van der Waals surface area contributed by atoms with Gasteiger partial charge in [0.05, 0.1) is 29.7 Å². The van der Waals surface area contributed by atoms with E-state index in [0.29, 0.717) is 12.5 Å². The van der Waals surface area contributed by atoms with Crippen LogP contribution in [0.1, 0.15) is 43.0 Å². The maximum absolute atomic E-state index is 9.74. The van der Waals surface area contributed by atoms with Crippen LogP contribution in [0, 0.1) is 0 Å². The van der Waals surface area contributed by atoms with E-state index < -0.39 is 6.10 Å². The van der Waals surface area contributed by atoms with Crippen molar-refractivity contribution < 1.29 is 5.11 Å². The molecule has 0 bridgehead atoms. The van der Waals surface area contributed by atoms with Gasteiger partial charge in [0.1, 0.15) is 0 Å². The van der Waals surface area contributed by atoms with Crippen LogP contribution in [0.25, 0.3) is 0 Å². The van der Waals surface area contributed by atoms with Gasteiger partial charge in [-0.3, -0.25) is 4.98 Å². The summed E-state index contributed by atoms with van der Waals surface area (Å²) in [6.45, 7) is 4.13. The monoisotopic (exact) mass is 276 g/mol. The Morgan fingerprint density at radius 1 is 1.37 bits per heavy atom. The highest BCUT2D eigenvalue weighted by atomic mass is 32.1. The summed E-state index contributed by atoms with van der Waals surface area (Å²) in [5.41, 5.74) is 1.80. The number of rotatable bonds is 5. The average molecular weight is 276 g/mol. The predicted molar refractivity (Wildman–Crippen MR) is 80.6 cm³/mol. The molecule has 3 nitrogen and oxygen atoms in total. The zero-order valence-electron chi connectivity index (χ0n) is 11.6. The highest BCUT2D eigenvalue weighted by Crippen LogP contribution is 2.28. The fraction of sp³-hybridized carbons (Fsp3) is 0.400. The molecule has 0 aliphatic heterocycles. The van der Waals surface area contributed by atoms with Crippen molar-refractivity contribution >= 4 is 17.0 Å². The largest absolute Gasteiger partial charge is 0.387 e. The number of hydrogen-bond acceptors (Lipinski definition) is 4. The van der Waals surface area contributed by atoms with Crippen LogP contribution in [0.15, 0.2) is 35.8 Å². The summed E-state index contributed by atoms with van der Waals surface area (Å²) in [6.07, 6.45) is 2.06. The average Bonchev–Trinajstić information content (AvgIpc) is 2.99. The number of aliphatic hydroxyl groups is 1. The van der Waals surface area contributed by atoms with Crippen molar-refractivity contribution in [1.29, 1.82) is 0 Å². The lowest BCUT2D eigenvalue weighted by molar-refractivity contribution is 0.169. The number of anilines is 1. The summed E-state index contributed by atoms with van der Waals surface area (Å²) in [6, 6.07) is 8.47. The van der Waals surface area contributed by atoms with Crippen LogP contribution in [0.4, 0.5) is 5.69 Å². The first-order valence-electron chi connectivity index (χ1n) is 6.53. The molecule has 102 valence electrons. The molecule has 0 aliphatic rings. The number of aromatic nitrogens is 1. The van der Waals surface area contributed by atoms with Crippen LogP contribution in [0.5, 0.6) is 0 Å². The Hall–Kier alpha value is -1.39. The fourth-order valence-corrected chi connectivity index (χ4v) is 2.78. The molecule has 1 N–H and O–H groups in total. The van der Waals surface area contributed by atoms with Crippen molar-refractivity contribution in [2.75, 3.05) is 11.9 Å². The molecule has 2 rings (SSSR count).